The number of aliphatic hydroxyl groups is 1. The predicted molar refractivity (Wildman–Crippen MR) is 73.4 cm³/mol. The van der Waals surface area contributed by atoms with Crippen LogP contribution in [0.15, 0.2) is 18.2 Å². The van der Waals surface area contributed by atoms with Crippen LogP contribution in [0.25, 0.3) is 0 Å². The molecule has 0 aliphatic heterocycles. The maximum absolute atomic E-state index is 13.8. The Labute approximate surface area is 117 Å². The van der Waals surface area contributed by atoms with E-state index in [2.05, 4.69) is 10.6 Å². The molecule has 1 saturated carbocycles. The zero-order chi connectivity index (χ0) is 14.5. The molecule has 110 valence electrons. The summed E-state index contributed by atoms with van der Waals surface area (Å²) >= 11 is 0. The number of benzene rings is 1. The summed E-state index contributed by atoms with van der Waals surface area (Å²) in [6.45, 7) is 1.51. The van der Waals surface area contributed by atoms with Crippen LogP contribution in [0.2, 0.25) is 0 Å². The first-order chi connectivity index (χ1) is 9.58. The van der Waals surface area contributed by atoms with Crippen LogP contribution in [-0.4, -0.2) is 29.9 Å². The van der Waals surface area contributed by atoms with E-state index in [1.165, 1.54) is 12.1 Å². The fraction of sp³-hybridized carbons (Fsp3) is 0.500. The number of hydrogen-bond acceptors (Lipinski definition) is 3. The van der Waals surface area contributed by atoms with Gasteiger partial charge in [-0.1, -0.05) is 0 Å². The van der Waals surface area contributed by atoms with E-state index in [9.17, 15) is 9.18 Å². The van der Waals surface area contributed by atoms with Crippen LogP contribution in [-0.2, 0) is 0 Å². The Morgan fingerprint density at radius 1 is 1.55 bits per heavy atom. The van der Waals surface area contributed by atoms with Gasteiger partial charge in [-0.3, -0.25) is 0 Å². The number of halogens is 1. The summed E-state index contributed by atoms with van der Waals surface area (Å²) in [5.74, 6) is -0.283. The second-order valence-electron chi connectivity index (χ2n) is 5.00. The quantitative estimate of drug-likeness (QED) is 0.775. The highest BCUT2D eigenvalue weighted by Crippen LogP contribution is 2.28. The minimum atomic E-state index is -0.495. The lowest BCUT2D eigenvalue weighted by atomic mass is 9.96. The molecule has 0 unspecified atom stereocenters. The summed E-state index contributed by atoms with van der Waals surface area (Å²) in [5, 5.41) is 13.8. The summed E-state index contributed by atoms with van der Waals surface area (Å²) in [6, 6.07) is 3.47. The number of carbonyl (C=O) groups excluding carboxylic acids is 1. The molecule has 2 rings (SSSR count). The second kappa shape index (κ2) is 6.56. The fourth-order valence-corrected chi connectivity index (χ4v) is 1.78. The van der Waals surface area contributed by atoms with E-state index in [4.69, 9.17) is 9.84 Å². The third-order valence-corrected chi connectivity index (χ3v) is 3.19. The van der Waals surface area contributed by atoms with Gasteiger partial charge in [0.2, 0.25) is 0 Å². The number of nitrogens with one attached hydrogen (secondary N) is 2. The number of urea groups is 1. The van der Waals surface area contributed by atoms with Gasteiger partial charge < -0.3 is 20.5 Å². The van der Waals surface area contributed by atoms with Crippen LogP contribution in [0.3, 0.4) is 0 Å². The van der Waals surface area contributed by atoms with Crippen LogP contribution in [0.4, 0.5) is 14.9 Å². The Morgan fingerprint density at radius 2 is 2.30 bits per heavy atom. The van der Waals surface area contributed by atoms with Crippen molar-refractivity contribution in [2.24, 2.45) is 0 Å². The number of amides is 2. The molecule has 0 saturated heterocycles. The normalized spacial score (nSPS) is 16.1. The summed E-state index contributed by atoms with van der Waals surface area (Å²) < 4.78 is 19.3. The van der Waals surface area contributed by atoms with Crippen molar-refractivity contribution in [3.63, 3.8) is 0 Å². The van der Waals surface area contributed by atoms with Gasteiger partial charge in [-0.15, -0.1) is 0 Å². The highest BCUT2D eigenvalue weighted by atomic mass is 19.1. The third kappa shape index (κ3) is 3.84. The topological polar surface area (TPSA) is 70.6 Å². The van der Waals surface area contributed by atoms with Crippen molar-refractivity contribution in [2.45, 2.75) is 38.3 Å². The first kappa shape index (κ1) is 14.6. The second-order valence-corrected chi connectivity index (χ2v) is 5.00. The summed E-state index contributed by atoms with van der Waals surface area (Å²) in [5.41, 5.74) is 0.339. The van der Waals surface area contributed by atoms with E-state index in [1.807, 2.05) is 0 Å². The molecule has 5 nitrogen and oxygen atoms in total. The zero-order valence-electron chi connectivity index (χ0n) is 11.4. The van der Waals surface area contributed by atoms with Crippen molar-refractivity contribution < 1.29 is 19.0 Å². The van der Waals surface area contributed by atoms with E-state index in [1.54, 1.807) is 13.0 Å². The Bertz CT molecular complexity index is 477. The van der Waals surface area contributed by atoms with Crippen molar-refractivity contribution in [3.8, 4) is 5.75 Å². The lowest BCUT2D eigenvalue weighted by molar-refractivity contribution is 0.115. The van der Waals surface area contributed by atoms with Gasteiger partial charge in [-0.05, 0) is 38.3 Å². The smallest absolute Gasteiger partial charge is 0.319 e. The van der Waals surface area contributed by atoms with E-state index in [0.717, 1.165) is 19.3 Å². The average molecular weight is 282 g/mol. The molecular weight excluding hydrogens is 263 g/mol. The van der Waals surface area contributed by atoms with Gasteiger partial charge >= 0.3 is 6.03 Å². The summed E-state index contributed by atoms with van der Waals surface area (Å²) in [4.78, 5) is 11.5. The third-order valence-electron chi connectivity index (χ3n) is 3.19. The van der Waals surface area contributed by atoms with Crippen molar-refractivity contribution in [2.75, 3.05) is 11.9 Å². The molecular formula is C14H19FN2O3. The molecule has 0 spiro atoms. The average Bonchev–Trinajstić information content (AvgIpc) is 2.35. The molecule has 0 radical (unpaired) electrons. The number of rotatable bonds is 5. The van der Waals surface area contributed by atoms with Gasteiger partial charge in [0, 0.05) is 11.8 Å². The molecule has 1 fully saturated rings. The Balaban J connectivity index is 1.92. The summed E-state index contributed by atoms with van der Waals surface area (Å²) in [7, 11) is 0. The van der Waals surface area contributed by atoms with E-state index >= 15 is 0 Å². The predicted octanol–water partition coefficient (Wildman–Crippen LogP) is 2.26. The standard InChI is InChI=1S/C14H19FN2O3/c1-9(8-18)16-14(19)17-10-5-6-13(12(15)7-10)20-11-3-2-4-11/h5-7,9,11,18H,2-4,8H2,1H3,(H2,16,17,19)/t9-/m0/s1. The molecule has 1 aliphatic rings. The van der Waals surface area contributed by atoms with Gasteiger partial charge in [-0.2, -0.15) is 0 Å². The maximum Gasteiger partial charge on any atom is 0.319 e. The Kier molecular flexibility index (Phi) is 4.79. The highest BCUT2D eigenvalue weighted by Gasteiger charge is 2.20. The molecule has 1 atom stereocenters. The van der Waals surface area contributed by atoms with Gasteiger partial charge in [-0.25, -0.2) is 9.18 Å². The lowest BCUT2D eigenvalue weighted by Crippen LogP contribution is -2.38. The van der Waals surface area contributed by atoms with Gasteiger partial charge in [0.25, 0.3) is 0 Å². The van der Waals surface area contributed by atoms with Crippen molar-refractivity contribution in [1.82, 2.24) is 5.32 Å². The van der Waals surface area contributed by atoms with E-state index in [0.29, 0.717) is 5.69 Å². The van der Waals surface area contributed by atoms with E-state index in [-0.39, 0.29) is 24.5 Å². The molecule has 3 N–H and O–H groups in total. The minimum Gasteiger partial charge on any atom is -0.487 e. The van der Waals surface area contributed by atoms with Crippen LogP contribution in [0.5, 0.6) is 5.75 Å². The van der Waals surface area contributed by atoms with Crippen molar-refractivity contribution in [3.05, 3.63) is 24.0 Å². The van der Waals surface area contributed by atoms with Gasteiger partial charge in [0.15, 0.2) is 11.6 Å². The lowest BCUT2D eigenvalue weighted by Gasteiger charge is -2.26. The molecule has 0 bridgehead atoms. The van der Waals surface area contributed by atoms with Gasteiger partial charge in [0.1, 0.15) is 0 Å². The van der Waals surface area contributed by atoms with Crippen molar-refractivity contribution >= 4 is 11.7 Å². The van der Waals surface area contributed by atoms with Crippen LogP contribution < -0.4 is 15.4 Å². The first-order valence-electron chi connectivity index (χ1n) is 6.73. The van der Waals surface area contributed by atoms with Gasteiger partial charge in [0.05, 0.1) is 18.8 Å². The zero-order valence-corrected chi connectivity index (χ0v) is 11.4. The molecule has 20 heavy (non-hydrogen) atoms. The highest BCUT2D eigenvalue weighted by molar-refractivity contribution is 5.89. The monoisotopic (exact) mass is 282 g/mol. The SMILES string of the molecule is C[C@@H](CO)NC(=O)Nc1ccc(OC2CCC2)c(F)c1. The minimum absolute atomic E-state index is 0.108. The Hall–Kier alpha value is -1.82. The number of aliphatic hydroxyl groups excluding tert-OH is 1. The van der Waals surface area contributed by atoms with Crippen molar-refractivity contribution in [1.29, 1.82) is 0 Å². The summed E-state index contributed by atoms with van der Waals surface area (Å²) in [6.07, 6.45) is 3.15. The largest absolute Gasteiger partial charge is 0.487 e. The molecule has 2 amide bonds. The molecule has 0 aromatic heterocycles. The Morgan fingerprint density at radius 3 is 2.85 bits per heavy atom. The first-order valence-corrected chi connectivity index (χ1v) is 6.73. The number of ether oxygens (including phenoxy) is 1. The maximum atomic E-state index is 13.8. The van der Waals surface area contributed by atoms with Crippen LogP contribution >= 0.6 is 0 Å². The fourth-order valence-electron chi connectivity index (χ4n) is 1.78. The number of hydrogen-bond donors (Lipinski definition) is 3. The molecule has 1 aromatic rings. The van der Waals surface area contributed by atoms with Crippen LogP contribution in [0.1, 0.15) is 26.2 Å². The molecule has 6 heteroatoms. The molecule has 1 aliphatic carbocycles. The van der Waals surface area contributed by atoms with Crippen LogP contribution in [0, 0.1) is 5.82 Å². The molecule has 0 heterocycles. The number of anilines is 1. The number of carbonyl (C=O) groups is 1. The molecule has 1 aromatic carbocycles. The van der Waals surface area contributed by atoms with E-state index < -0.39 is 11.8 Å².